The van der Waals surface area contributed by atoms with Gasteiger partial charge in [-0.1, -0.05) is 0 Å². The fourth-order valence-electron chi connectivity index (χ4n) is 1.74. The lowest BCUT2D eigenvalue weighted by atomic mass is 10.3. The molecule has 0 saturated carbocycles. The Hall–Kier alpha value is -2.21. The van der Waals surface area contributed by atoms with Crippen molar-refractivity contribution in [3.8, 4) is 5.82 Å². The summed E-state index contributed by atoms with van der Waals surface area (Å²) in [5, 5.41) is 5.45. The maximum absolute atomic E-state index is 4.22. The van der Waals surface area contributed by atoms with Crippen molar-refractivity contribution in [1.82, 2.24) is 19.5 Å². The van der Waals surface area contributed by atoms with Crippen molar-refractivity contribution in [3.63, 3.8) is 0 Å². The molecule has 0 fully saturated rings. The zero-order chi connectivity index (χ0) is 13.1. The van der Waals surface area contributed by atoms with Crippen molar-refractivity contribution < 1.29 is 0 Å². The van der Waals surface area contributed by atoms with Gasteiger partial charge in [-0.25, -0.2) is 15.0 Å². The molecular formula is C13H13N5S. The molecular weight excluding hydrogens is 258 g/mol. The molecule has 96 valence electrons. The van der Waals surface area contributed by atoms with Crippen LogP contribution in [0.1, 0.15) is 10.4 Å². The van der Waals surface area contributed by atoms with E-state index < -0.39 is 0 Å². The molecule has 0 aliphatic rings. The fraction of sp³-hybridized carbons (Fsp3) is 0.154. The quantitative estimate of drug-likeness (QED) is 0.792. The van der Waals surface area contributed by atoms with E-state index in [9.17, 15) is 0 Å². The number of imidazole rings is 1. The van der Waals surface area contributed by atoms with Crippen LogP contribution in [0.3, 0.4) is 0 Å². The predicted molar refractivity (Wildman–Crippen MR) is 75.5 cm³/mol. The van der Waals surface area contributed by atoms with Crippen molar-refractivity contribution in [3.05, 3.63) is 53.0 Å². The maximum atomic E-state index is 4.22. The van der Waals surface area contributed by atoms with E-state index in [0.29, 0.717) is 0 Å². The molecule has 6 heteroatoms. The highest BCUT2D eigenvalue weighted by atomic mass is 32.1. The fourth-order valence-corrected chi connectivity index (χ4v) is 2.56. The molecule has 1 N–H and O–H groups in total. The van der Waals surface area contributed by atoms with Gasteiger partial charge < -0.3 is 5.32 Å². The monoisotopic (exact) mass is 271 g/mol. The molecule has 0 spiro atoms. The third-order valence-corrected chi connectivity index (χ3v) is 3.70. The molecule has 3 heterocycles. The van der Waals surface area contributed by atoms with Crippen molar-refractivity contribution in [2.75, 3.05) is 5.32 Å². The van der Waals surface area contributed by atoms with Gasteiger partial charge in [-0.2, -0.15) is 0 Å². The predicted octanol–water partition coefficient (Wildman–Crippen LogP) is 2.64. The number of rotatable bonds is 4. The highest BCUT2D eigenvalue weighted by Crippen LogP contribution is 2.15. The maximum Gasteiger partial charge on any atom is 0.143 e. The van der Waals surface area contributed by atoms with Gasteiger partial charge in [0.2, 0.25) is 0 Å². The van der Waals surface area contributed by atoms with Crippen LogP contribution in [0.5, 0.6) is 0 Å². The van der Waals surface area contributed by atoms with Crippen LogP contribution in [-0.2, 0) is 6.54 Å². The minimum atomic E-state index is 0.777. The average Bonchev–Trinajstić information content (AvgIpc) is 3.08. The Morgan fingerprint density at radius 1 is 1.32 bits per heavy atom. The summed E-state index contributed by atoms with van der Waals surface area (Å²) in [6.07, 6.45) is 6.85. The molecule has 0 unspecified atom stereocenters. The van der Waals surface area contributed by atoms with Crippen LogP contribution in [0.25, 0.3) is 5.82 Å². The summed E-state index contributed by atoms with van der Waals surface area (Å²) < 4.78 is 1.85. The molecule has 0 amide bonds. The van der Waals surface area contributed by atoms with Gasteiger partial charge in [-0.05, 0) is 23.9 Å². The van der Waals surface area contributed by atoms with Gasteiger partial charge in [0, 0.05) is 23.3 Å². The number of nitrogens with one attached hydrogen (secondary N) is 1. The summed E-state index contributed by atoms with van der Waals surface area (Å²) >= 11 is 1.75. The van der Waals surface area contributed by atoms with Crippen LogP contribution >= 0.6 is 11.3 Å². The van der Waals surface area contributed by atoms with E-state index in [1.807, 2.05) is 16.8 Å². The normalized spacial score (nSPS) is 10.6. The van der Waals surface area contributed by atoms with Crippen LogP contribution in [0.4, 0.5) is 5.82 Å². The number of thiophene rings is 1. The largest absolute Gasteiger partial charge is 0.365 e. The Morgan fingerprint density at radius 3 is 3.00 bits per heavy atom. The highest BCUT2D eigenvalue weighted by molar-refractivity contribution is 7.10. The molecule has 3 aromatic rings. The number of aryl methyl sites for hydroxylation is 1. The SMILES string of the molecule is Cc1csc(CNc2cc(-n3ccnc3)ncn2)c1. The van der Waals surface area contributed by atoms with Gasteiger partial charge in [0.25, 0.3) is 0 Å². The first-order valence-corrected chi connectivity index (χ1v) is 6.77. The van der Waals surface area contributed by atoms with Gasteiger partial charge in [-0.15, -0.1) is 11.3 Å². The molecule has 5 nitrogen and oxygen atoms in total. The summed E-state index contributed by atoms with van der Waals surface area (Å²) in [7, 11) is 0. The van der Waals surface area contributed by atoms with Crippen LogP contribution in [0.15, 0.2) is 42.6 Å². The van der Waals surface area contributed by atoms with E-state index in [0.717, 1.165) is 18.2 Å². The van der Waals surface area contributed by atoms with Crippen LogP contribution in [-0.4, -0.2) is 19.5 Å². The third-order valence-electron chi connectivity index (χ3n) is 2.65. The van der Waals surface area contributed by atoms with E-state index in [4.69, 9.17) is 0 Å². The first-order valence-electron chi connectivity index (χ1n) is 5.89. The Kier molecular flexibility index (Phi) is 3.24. The second kappa shape index (κ2) is 5.19. The molecule has 0 atom stereocenters. The Balaban J connectivity index is 1.73. The Bertz CT molecular complexity index is 659. The van der Waals surface area contributed by atoms with E-state index in [1.54, 1.807) is 30.2 Å². The highest BCUT2D eigenvalue weighted by Gasteiger charge is 2.01. The van der Waals surface area contributed by atoms with Gasteiger partial charge in [0.15, 0.2) is 0 Å². The summed E-state index contributed by atoms with van der Waals surface area (Å²) in [6.45, 7) is 2.88. The van der Waals surface area contributed by atoms with Crippen molar-refractivity contribution in [2.45, 2.75) is 13.5 Å². The molecule has 0 aliphatic carbocycles. The van der Waals surface area contributed by atoms with Gasteiger partial charge in [-0.3, -0.25) is 4.57 Å². The van der Waals surface area contributed by atoms with Crippen LogP contribution < -0.4 is 5.32 Å². The molecule has 0 aromatic carbocycles. The van der Waals surface area contributed by atoms with Gasteiger partial charge >= 0.3 is 0 Å². The summed E-state index contributed by atoms with van der Waals surface area (Å²) in [6, 6.07) is 4.08. The second-order valence-corrected chi connectivity index (χ2v) is 5.17. The minimum Gasteiger partial charge on any atom is -0.365 e. The van der Waals surface area contributed by atoms with E-state index in [2.05, 4.69) is 38.6 Å². The molecule has 3 aromatic heterocycles. The van der Waals surface area contributed by atoms with Gasteiger partial charge in [0.1, 0.15) is 24.3 Å². The van der Waals surface area contributed by atoms with E-state index >= 15 is 0 Å². The summed E-state index contributed by atoms with van der Waals surface area (Å²) in [4.78, 5) is 13.7. The molecule has 0 saturated heterocycles. The number of anilines is 1. The number of hydrogen-bond acceptors (Lipinski definition) is 5. The lowest BCUT2D eigenvalue weighted by Gasteiger charge is -2.06. The molecule has 19 heavy (non-hydrogen) atoms. The summed E-state index contributed by atoms with van der Waals surface area (Å²) in [5.41, 5.74) is 1.29. The van der Waals surface area contributed by atoms with Crippen molar-refractivity contribution >= 4 is 17.2 Å². The number of hydrogen-bond donors (Lipinski definition) is 1. The number of aromatic nitrogens is 4. The first-order chi connectivity index (χ1) is 9.31. The number of nitrogens with zero attached hydrogens (tertiary/aromatic N) is 4. The van der Waals surface area contributed by atoms with Crippen molar-refractivity contribution in [2.24, 2.45) is 0 Å². The van der Waals surface area contributed by atoms with E-state index in [-0.39, 0.29) is 0 Å². The van der Waals surface area contributed by atoms with Gasteiger partial charge in [0.05, 0.1) is 6.54 Å². The molecule has 3 rings (SSSR count). The average molecular weight is 271 g/mol. The smallest absolute Gasteiger partial charge is 0.143 e. The molecule has 0 radical (unpaired) electrons. The Labute approximate surface area is 115 Å². The molecule has 0 bridgehead atoms. The first kappa shape index (κ1) is 11.9. The topological polar surface area (TPSA) is 55.6 Å². The third kappa shape index (κ3) is 2.79. The minimum absolute atomic E-state index is 0.777. The Morgan fingerprint density at radius 2 is 2.26 bits per heavy atom. The molecule has 0 aliphatic heterocycles. The van der Waals surface area contributed by atoms with Crippen molar-refractivity contribution in [1.29, 1.82) is 0 Å². The van der Waals surface area contributed by atoms with Crippen LogP contribution in [0, 0.1) is 6.92 Å². The lowest BCUT2D eigenvalue weighted by Crippen LogP contribution is -2.02. The lowest BCUT2D eigenvalue weighted by molar-refractivity contribution is 0.966. The zero-order valence-electron chi connectivity index (χ0n) is 10.4. The second-order valence-electron chi connectivity index (χ2n) is 4.18. The summed E-state index contributed by atoms with van der Waals surface area (Å²) in [5.74, 6) is 1.61. The van der Waals surface area contributed by atoms with Crippen LogP contribution in [0.2, 0.25) is 0 Å². The standard InChI is InChI=1S/C13H13N5S/c1-10-4-11(19-7-10)6-15-12-5-13(17-8-16-12)18-3-2-14-9-18/h2-5,7-9H,6H2,1H3,(H,15,16,17). The zero-order valence-corrected chi connectivity index (χ0v) is 11.3. The van der Waals surface area contributed by atoms with E-state index in [1.165, 1.54) is 10.4 Å².